The van der Waals surface area contributed by atoms with E-state index in [2.05, 4.69) is 31.4 Å². The summed E-state index contributed by atoms with van der Waals surface area (Å²) < 4.78 is 10.3. The first-order chi connectivity index (χ1) is 14.3. The summed E-state index contributed by atoms with van der Waals surface area (Å²) in [6, 6.07) is 5.44. The molecule has 0 saturated heterocycles. The Hall–Kier alpha value is -2.32. The summed E-state index contributed by atoms with van der Waals surface area (Å²) in [5.74, 6) is 0.508. The van der Waals surface area contributed by atoms with Gasteiger partial charge in [0.15, 0.2) is 6.73 Å². The summed E-state index contributed by atoms with van der Waals surface area (Å²) in [6.45, 7) is 9.34. The first-order valence-corrected chi connectivity index (χ1v) is 10.8. The molecule has 1 N–H and O–H groups in total. The molecular formula is C21H25BrClN5O2. The number of nitrogens with one attached hydrogen (secondary N) is 1. The Bertz CT molecular complexity index is 1040. The van der Waals surface area contributed by atoms with E-state index < -0.39 is 0 Å². The van der Waals surface area contributed by atoms with E-state index in [1.54, 1.807) is 16.9 Å². The van der Waals surface area contributed by atoms with Crippen LogP contribution < -0.4 is 10.1 Å². The number of halogens is 2. The van der Waals surface area contributed by atoms with E-state index in [4.69, 9.17) is 16.3 Å². The molecule has 0 aliphatic heterocycles. The standard InChI is InChI=1S/C21H25BrClN5O2/c1-13-10-17(11-14(2)20(13)23)30-12-27-9-6-18(26-27)21(29)24-7-5-8-28-16(4)19(22)15(3)25-28/h6,9-11H,5,7-8,12H2,1-4H3,(H,24,29). The lowest BCUT2D eigenvalue weighted by Gasteiger charge is -2.10. The summed E-state index contributed by atoms with van der Waals surface area (Å²) in [6.07, 6.45) is 2.50. The van der Waals surface area contributed by atoms with Crippen molar-refractivity contribution in [1.29, 1.82) is 0 Å². The van der Waals surface area contributed by atoms with Gasteiger partial charge in [-0.05, 0) is 79.4 Å². The summed E-state index contributed by atoms with van der Waals surface area (Å²) in [5.41, 5.74) is 4.33. The van der Waals surface area contributed by atoms with Gasteiger partial charge in [-0.15, -0.1) is 0 Å². The maximum atomic E-state index is 12.3. The number of aromatic nitrogens is 4. The number of hydrogen-bond donors (Lipinski definition) is 1. The van der Waals surface area contributed by atoms with Crippen LogP contribution >= 0.6 is 27.5 Å². The van der Waals surface area contributed by atoms with Gasteiger partial charge in [-0.25, -0.2) is 4.68 Å². The number of hydrogen-bond acceptors (Lipinski definition) is 4. The van der Waals surface area contributed by atoms with Crippen LogP contribution in [-0.2, 0) is 13.3 Å². The minimum absolute atomic E-state index is 0.207. The molecule has 0 fully saturated rings. The Labute approximate surface area is 189 Å². The molecule has 0 radical (unpaired) electrons. The Balaban J connectivity index is 1.47. The molecule has 7 nitrogen and oxygen atoms in total. The van der Waals surface area contributed by atoms with Crippen LogP contribution in [0, 0.1) is 27.7 Å². The average molecular weight is 495 g/mol. The van der Waals surface area contributed by atoms with Gasteiger partial charge < -0.3 is 10.1 Å². The maximum absolute atomic E-state index is 12.3. The lowest BCUT2D eigenvalue weighted by molar-refractivity contribution is 0.0945. The molecule has 0 aliphatic carbocycles. The van der Waals surface area contributed by atoms with Crippen LogP contribution in [0.4, 0.5) is 0 Å². The first-order valence-electron chi connectivity index (χ1n) is 9.67. The number of aryl methyl sites for hydroxylation is 4. The highest BCUT2D eigenvalue weighted by Gasteiger charge is 2.11. The Morgan fingerprint density at radius 3 is 2.53 bits per heavy atom. The van der Waals surface area contributed by atoms with Crippen molar-refractivity contribution in [2.24, 2.45) is 0 Å². The van der Waals surface area contributed by atoms with E-state index in [1.807, 2.05) is 44.5 Å². The van der Waals surface area contributed by atoms with Crippen molar-refractivity contribution in [3.05, 3.63) is 62.1 Å². The number of carbonyl (C=O) groups is 1. The normalized spacial score (nSPS) is 11.0. The fraction of sp³-hybridized carbons (Fsp3) is 0.381. The van der Waals surface area contributed by atoms with Gasteiger partial charge in [-0.1, -0.05) is 11.6 Å². The third-order valence-electron chi connectivity index (χ3n) is 4.77. The lowest BCUT2D eigenvalue weighted by Crippen LogP contribution is -2.26. The molecule has 0 atom stereocenters. The molecule has 1 aromatic carbocycles. The van der Waals surface area contributed by atoms with Gasteiger partial charge >= 0.3 is 0 Å². The molecule has 2 aromatic heterocycles. The largest absolute Gasteiger partial charge is 0.471 e. The summed E-state index contributed by atoms with van der Waals surface area (Å²) in [5, 5.41) is 12.4. The lowest BCUT2D eigenvalue weighted by atomic mass is 10.1. The second-order valence-electron chi connectivity index (χ2n) is 7.20. The van der Waals surface area contributed by atoms with E-state index in [0.717, 1.165) is 45.0 Å². The van der Waals surface area contributed by atoms with Crippen LogP contribution in [0.5, 0.6) is 5.75 Å². The zero-order valence-electron chi connectivity index (χ0n) is 17.5. The van der Waals surface area contributed by atoms with Crippen molar-refractivity contribution in [3.63, 3.8) is 0 Å². The van der Waals surface area contributed by atoms with Crippen LogP contribution in [0.15, 0.2) is 28.9 Å². The molecule has 3 aromatic rings. The van der Waals surface area contributed by atoms with Gasteiger partial charge in [0.25, 0.3) is 5.91 Å². The predicted octanol–water partition coefficient (Wildman–Crippen LogP) is 4.59. The smallest absolute Gasteiger partial charge is 0.271 e. The molecule has 0 bridgehead atoms. The minimum atomic E-state index is -0.207. The van der Waals surface area contributed by atoms with E-state index in [9.17, 15) is 4.79 Å². The van der Waals surface area contributed by atoms with Crippen molar-refractivity contribution in [1.82, 2.24) is 24.9 Å². The van der Waals surface area contributed by atoms with Gasteiger partial charge in [0, 0.05) is 30.0 Å². The molecule has 160 valence electrons. The SMILES string of the molecule is Cc1cc(OCn2ccc(C(=O)NCCCn3nc(C)c(Br)c3C)n2)cc(C)c1Cl. The van der Waals surface area contributed by atoms with Gasteiger partial charge in [-0.3, -0.25) is 9.48 Å². The van der Waals surface area contributed by atoms with Crippen molar-refractivity contribution < 1.29 is 9.53 Å². The Morgan fingerprint density at radius 2 is 1.90 bits per heavy atom. The number of rotatable bonds is 8. The number of carbonyl (C=O) groups excluding carboxylic acids is 1. The summed E-state index contributed by atoms with van der Waals surface area (Å²) in [4.78, 5) is 12.3. The molecule has 1 amide bonds. The molecule has 0 unspecified atom stereocenters. The van der Waals surface area contributed by atoms with E-state index in [-0.39, 0.29) is 12.6 Å². The van der Waals surface area contributed by atoms with Crippen molar-refractivity contribution in [2.75, 3.05) is 6.54 Å². The van der Waals surface area contributed by atoms with Crippen LogP contribution in [-0.4, -0.2) is 32.0 Å². The molecular weight excluding hydrogens is 470 g/mol. The molecule has 3 rings (SSSR count). The molecule has 0 saturated carbocycles. The van der Waals surface area contributed by atoms with Crippen molar-refractivity contribution >= 4 is 33.4 Å². The zero-order valence-corrected chi connectivity index (χ0v) is 19.8. The minimum Gasteiger partial charge on any atom is -0.471 e. The van der Waals surface area contributed by atoms with Crippen molar-refractivity contribution in [2.45, 2.75) is 47.4 Å². The summed E-state index contributed by atoms with van der Waals surface area (Å²) in [7, 11) is 0. The van der Waals surface area contributed by atoms with Crippen molar-refractivity contribution in [3.8, 4) is 5.75 Å². The third kappa shape index (κ3) is 5.23. The quantitative estimate of drug-likeness (QED) is 0.465. The highest BCUT2D eigenvalue weighted by molar-refractivity contribution is 9.10. The Kier molecular flexibility index (Phi) is 7.20. The van der Waals surface area contributed by atoms with Gasteiger partial charge in [0.2, 0.25) is 0 Å². The van der Waals surface area contributed by atoms with E-state index in [0.29, 0.717) is 18.0 Å². The average Bonchev–Trinajstić information content (AvgIpc) is 3.28. The predicted molar refractivity (Wildman–Crippen MR) is 120 cm³/mol. The zero-order chi connectivity index (χ0) is 21.8. The topological polar surface area (TPSA) is 74.0 Å². The number of benzene rings is 1. The number of ether oxygens (including phenoxy) is 1. The van der Waals surface area contributed by atoms with Crippen LogP contribution in [0.25, 0.3) is 0 Å². The second kappa shape index (κ2) is 9.66. The number of nitrogens with zero attached hydrogens (tertiary/aromatic N) is 4. The monoisotopic (exact) mass is 493 g/mol. The molecule has 0 spiro atoms. The Morgan fingerprint density at radius 1 is 1.20 bits per heavy atom. The number of amides is 1. The van der Waals surface area contributed by atoms with Gasteiger partial charge in [-0.2, -0.15) is 10.2 Å². The van der Waals surface area contributed by atoms with Gasteiger partial charge in [0.1, 0.15) is 11.4 Å². The van der Waals surface area contributed by atoms with Crippen LogP contribution in [0.3, 0.4) is 0 Å². The fourth-order valence-corrected chi connectivity index (χ4v) is 3.49. The van der Waals surface area contributed by atoms with Gasteiger partial charge in [0.05, 0.1) is 10.2 Å². The molecule has 0 aliphatic rings. The molecule has 2 heterocycles. The second-order valence-corrected chi connectivity index (χ2v) is 8.37. The van der Waals surface area contributed by atoms with Crippen LogP contribution in [0.1, 0.15) is 39.4 Å². The van der Waals surface area contributed by atoms with Crippen LogP contribution in [0.2, 0.25) is 5.02 Å². The molecule has 9 heteroatoms. The third-order valence-corrected chi connectivity index (χ3v) is 6.52. The first kappa shape index (κ1) is 22.4. The highest BCUT2D eigenvalue weighted by atomic mass is 79.9. The molecule has 30 heavy (non-hydrogen) atoms. The van der Waals surface area contributed by atoms with E-state index in [1.165, 1.54) is 0 Å². The van der Waals surface area contributed by atoms with E-state index >= 15 is 0 Å². The highest BCUT2D eigenvalue weighted by Crippen LogP contribution is 2.26. The fourth-order valence-electron chi connectivity index (χ4n) is 3.10. The summed E-state index contributed by atoms with van der Waals surface area (Å²) >= 11 is 9.71. The maximum Gasteiger partial charge on any atom is 0.271 e.